The number of allylic oxidation sites excluding steroid dienone is 2. The largest absolute Gasteiger partial charge is 0.507 e. The molecule has 2 aliphatic carbocycles. The standard InChI is InChI=1S/C34H27FN2O8/c1-34-23(30(41)37(33(34)45)16-6-3-2-4-7-16)15-22-18(27(34)21-8-5-9-24(35)28(21)39)12-13-20-26(22)31(42)36(29(20)40)17-10-11-19(32(43)44)25(38)14-17/h2-12,14,20,22-23,26-27,38-39H,13,15H2,1H3,(H,43,44)/t20-,22+,23-,26-,27+,34+/m0/s1. The number of benzene rings is 3. The molecule has 11 heteroatoms. The number of aromatic hydroxyl groups is 2. The molecule has 228 valence electrons. The number of carbonyl (C=O) groups excluding carboxylic acids is 4. The zero-order valence-corrected chi connectivity index (χ0v) is 23.9. The number of phenolic OH excluding ortho intramolecular Hbond substituents is 1. The molecule has 2 aliphatic heterocycles. The number of phenols is 2. The molecule has 0 unspecified atom stereocenters. The zero-order valence-electron chi connectivity index (χ0n) is 23.9. The highest BCUT2D eigenvalue weighted by Gasteiger charge is 2.68. The van der Waals surface area contributed by atoms with Crippen molar-refractivity contribution in [1.82, 2.24) is 0 Å². The summed E-state index contributed by atoms with van der Waals surface area (Å²) >= 11 is 0. The molecule has 1 saturated carbocycles. The molecule has 2 heterocycles. The number of fused-ring (bicyclic) bond motifs is 4. The number of carboxylic acid groups (broad SMARTS) is 1. The third-order valence-corrected chi connectivity index (χ3v) is 10.1. The van der Waals surface area contributed by atoms with Crippen LogP contribution in [0.5, 0.6) is 11.5 Å². The fourth-order valence-electron chi connectivity index (χ4n) is 8.04. The average molecular weight is 611 g/mol. The summed E-state index contributed by atoms with van der Waals surface area (Å²) in [6, 6.07) is 15.8. The maximum absolute atomic E-state index is 14.8. The lowest BCUT2D eigenvalue weighted by Gasteiger charge is -2.49. The van der Waals surface area contributed by atoms with Gasteiger partial charge in [0, 0.05) is 17.5 Å². The van der Waals surface area contributed by atoms with Crippen LogP contribution < -0.4 is 9.80 Å². The van der Waals surface area contributed by atoms with Crippen molar-refractivity contribution in [1.29, 1.82) is 0 Å². The maximum Gasteiger partial charge on any atom is 0.339 e. The Morgan fingerprint density at radius 1 is 0.867 bits per heavy atom. The van der Waals surface area contributed by atoms with E-state index in [1.165, 1.54) is 18.2 Å². The Kier molecular flexibility index (Phi) is 6.23. The summed E-state index contributed by atoms with van der Waals surface area (Å²) in [7, 11) is 0. The van der Waals surface area contributed by atoms with E-state index >= 15 is 0 Å². The van der Waals surface area contributed by atoms with E-state index in [4.69, 9.17) is 0 Å². The van der Waals surface area contributed by atoms with Crippen molar-refractivity contribution in [2.24, 2.45) is 29.1 Å². The van der Waals surface area contributed by atoms with Crippen LogP contribution in [0.3, 0.4) is 0 Å². The first-order valence-electron chi connectivity index (χ1n) is 14.5. The molecule has 10 nitrogen and oxygen atoms in total. The molecule has 2 saturated heterocycles. The van der Waals surface area contributed by atoms with E-state index in [1.54, 1.807) is 43.3 Å². The number of hydrogen-bond donors (Lipinski definition) is 3. The second kappa shape index (κ2) is 9.85. The number of imide groups is 2. The summed E-state index contributed by atoms with van der Waals surface area (Å²) < 4.78 is 14.8. The third-order valence-electron chi connectivity index (χ3n) is 10.1. The van der Waals surface area contributed by atoms with Crippen molar-refractivity contribution in [2.45, 2.75) is 25.7 Å². The average Bonchev–Trinajstić information content (AvgIpc) is 3.38. The summed E-state index contributed by atoms with van der Waals surface area (Å²) in [4.78, 5) is 69.7. The number of amides is 4. The highest BCUT2D eigenvalue weighted by Crippen LogP contribution is 2.64. The predicted octanol–water partition coefficient (Wildman–Crippen LogP) is 4.37. The van der Waals surface area contributed by atoms with E-state index in [1.807, 2.05) is 0 Å². The van der Waals surface area contributed by atoms with E-state index in [9.17, 15) is 43.7 Å². The molecule has 3 N–H and O–H groups in total. The molecule has 3 fully saturated rings. The smallest absolute Gasteiger partial charge is 0.339 e. The van der Waals surface area contributed by atoms with Gasteiger partial charge in [0.05, 0.1) is 34.5 Å². The highest BCUT2D eigenvalue weighted by atomic mass is 19.1. The number of carbonyl (C=O) groups is 5. The molecule has 6 atom stereocenters. The minimum Gasteiger partial charge on any atom is -0.507 e. The lowest BCUT2D eigenvalue weighted by Crippen LogP contribution is -2.49. The molecule has 0 aromatic heterocycles. The Bertz CT molecular complexity index is 1870. The van der Waals surface area contributed by atoms with E-state index in [0.717, 1.165) is 28.0 Å². The van der Waals surface area contributed by atoms with Gasteiger partial charge in [0.25, 0.3) is 0 Å². The van der Waals surface area contributed by atoms with Gasteiger partial charge in [-0.05, 0) is 56.0 Å². The molecule has 3 aromatic rings. The number of aromatic carboxylic acids is 1. The van der Waals surface area contributed by atoms with Gasteiger partial charge in [-0.1, -0.05) is 42.0 Å². The number of halogens is 1. The number of anilines is 2. The Morgan fingerprint density at radius 3 is 2.29 bits per heavy atom. The summed E-state index contributed by atoms with van der Waals surface area (Å²) in [6.45, 7) is 1.64. The Hall–Kier alpha value is -5.32. The van der Waals surface area contributed by atoms with Gasteiger partial charge in [0.15, 0.2) is 11.6 Å². The number of nitrogens with zero attached hydrogens (tertiary/aromatic N) is 2. The molecule has 4 aliphatic rings. The monoisotopic (exact) mass is 610 g/mol. The van der Waals surface area contributed by atoms with Crippen molar-refractivity contribution >= 4 is 41.0 Å². The van der Waals surface area contributed by atoms with Crippen LogP contribution in [0.25, 0.3) is 0 Å². The molecular formula is C34H27FN2O8. The molecule has 7 rings (SSSR count). The Morgan fingerprint density at radius 2 is 1.60 bits per heavy atom. The molecule has 3 aromatic carbocycles. The molecule has 0 bridgehead atoms. The lowest BCUT2D eigenvalue weighted by atomic mass is 9.51. The lowest BCUT2D eigenvalue weighted by molar-refractivity contribution is -0.131. The van der Waals surface area contributed by atoms with Crippen LogP contribution in [0.1, 0.15) is 41.6 Å². The minimum absolute atomic E-state index is 0.00537. The second-order valence-electron chi connectivity index (χ2n) is 12.2. The van der Waals surface area contributed by atoms with Crippen LogP contribution in [0, 0.1) is 34.9 Å². The number of carboxylic acids is 1. The highest BCUT2D eigenvalue weighted by molar-refractivity contribution is 6.25. The summed E-state index contributed by atoms with van der Waals surface area (Å²) in [5, 5.41) is 30.5. The van der Waals surface area contributed by atoms with Gasteiger partial charge in [-0.3, -0.25) is 19.2 Å². The Balaban J connectivity index is 1.36. The normalized spacial score (nSPS) is 28.9. The Labute approximate surface area is 256 Å². The van der Waals surface area contributed by atoms with Crippen molar-refractivity contribution in [2.75, 3.05) is 9.80 Å². The first kappa shape index (κ1) is 28.5. The maximum atomic E-state index is 14.8. The summed E-state index contributed by atoms with van der Waals surface area (Å²) in [5.74, 6) is -10.1. The van der Waals surface area contributed by atoms with Gasteiger partial charge >= 0.3 is 5.97 Å². The third kappa shape index (κ3) is 3.82. The van der Waals surface area contributed by atoms with Gasteiger partial charge in [-0.25, -0.2) is 19.0 Å². The van der Waals surface area contributed by atoms with Crippen LogP contribution in [-0.2, 0) is 19.2 Å². The quantitative estimate of drug-likeness (QED) is 0.291. The second-order valence-corrected chi connectivity index (χ2v) is 12.2. The van der Waals surface area contributed by atoms with Gasteiger partial charge in [-0.15, -0.1) is 0 Å². The molecule has 0 radical (unpaired) electrons. The molecular weight excluding hydrogens is 583 g/mol. The van der Waals surface area contributed by atoms with Crippen LogP contribution in [0.4, 0.5) is 15.8 Å². The van der Waals surface area contributed by atoms with E-state index < -0.39 is 87.5 Å². The SMILES string of the molecule is C[C@@]12C(=O)N(c3ccccc3)C(=O)[C@@H]1C[C@@H]1C(=CC[C@@H]3C(=O)N(c4ccc(C(=O)O)c(O)c4)C(=O)[C@@H]31)[C@@H]2c1cccc(F)c1O. The number of hydrogen-bond acceptors (Lipinski definition) is 7. The van der Waals surface area contributed by atoms with Crippen LogP contribution in [-0.4, -0.2) is 44.9 Å². The van der Waals surface area contributed by atoms with Crippen molar-refractivity contribution in [3.05, 3.63) is 95.3 Å². The molecule has 45 heavy (non-hydrogen) atoms. The van der Waals surface area contributed by atoms with Crippen molar-refractivity contribution < 1.29 is 43.7 Å². The summed E-state index contributed by atoms with van der Waals surface area (Å²) in [5.41, 5.74) is -0.795. The zero-order chi connectivity index (χ0) is 31.9. The van der Waals surface area contributed by atoms with Crippen molar-refractivity contribution in [3.63, 3.8) is 0 Å². The van der Waals surface area contributed by atoms with Gasteiger partial charge in [0.1, 0.15) is 11.3 Å². The van der Waals surface area contributed by atoms with Crippen LogP contribution >= 0.6 is 0 Å². The van der Waals surface area contributed by atoms with Crippen LogP contribution in [0.2, 0.25) is 0 Å². The topological polar surface area (TPSA) is 153 Å². The number of para-hydroxylation sites is 2. The van der Waals surface area contributed by atoms with Gasteiger partial charge in [-0.2, -0.15) is 0 Å². The van der Waals surface area contributed by atoms with Gasteiger partial charge in [0.2, 0.25) is 23.6 Å². The fourth-order valence-corrected chi connectivity index (χ4v) is 8.04. The number of rotatable bonds is 4. The van der Waals surface area contributed by atoms with Crippen LogP contribution in [0.15, 0.2) is 78.4 Å². The predicted molar refractivity (Wildman–Crippen MR) is 157 cm³/mol. The van der Waals surface area contributed by atoms with E-state index in [2.05, 4.69) is 0 Å². The molecule has 0 spiro atoms. The van der Waals surface area contributed by atoms with E-state index in [-0.39, 0.29) is 24.1 Å². The molecule has 4 amide bonds. The minimum atomic E-state index is -1.45. The van der Waals surface area contributed by atoms with E-state index in [0.29, 0.717) is 11.3 Å². The van der Waals surface area contributed by atoms with Crippen molar-refractivity contribution in [3.8, 4) is 11.5 Å². The first-order valence-corrected chi connectivity index (χ1v) is 14.5. The summed E-state index contributed by atoms with van der Waals surface area (Å²) in [6.07, 6.45) is 1.93. The van der Waals surface area contributed by atoms with Gasteiger partial charge < -0.3 is 15.3 Å². The first-order chi connectivity index (χ1) is 21.5. The fraction of sp³-hybridized carbons (Fsp3) is 0.265.